The van der Waals surface area contributed by atoms with Crippen molar-refractivity contribution in [3.8, 4) is 0 Å². The van der Waals surface area contributed by atoms with Crippen LogP contribution < -0.4 is 0 Å². The maximum atomic E-state index is 11.5. The van der Waals surface area contributed by atoms with Crippen LogP contribution in [0.3, 0.4) is 0 Å². The lowest BCUT2D eigenvalue weighted by Crippen LogP contribution is -2.36. The van der Waals surface area contributed by atoms with Gasteiger partial charge in [0.15, 0.2) is 0 Å². The smallest absolute Gasteiger partial charge is 0.306 e. The van der Waals surface area contributed by atoms with Crippen molar-refractivity contribution in [2.24, 2.45) is 29.6 Å². The minimum absolute atomic E-state index is 0.0500. The Morgan fingerprint density at radius 2 is 1.53 bits per heavy atom. The average Bonchev–Trinajstić information content (AvgIpc) is 2.46. The van der Waals surface area contributed by atoms with E-state index in [9.17, 15) is 9.90 Å². The van der Waals surface area contributed by atoms with Crippen LogP contribution in [-0.2, 0) is 4.79 Å². The van der Waals surface area contributed by atoms with E-state index in [2.05, 4.69) is 13.8 Å². The average molecular weight is 266 g/mol. The van der Waals surface area contributed by atoms with E-state index in [0.717, 1.165) is 24.7 Å². The number of carboxylic acid groups (broad SMARTS) is 1. The minimum atomic E-state index is -0.530. The largest absolute Gasteiger partial charge is 0.481 e. The molecule has 2 fully saturated rings. The van der Waals surface area contributed by atoms with Gasteiger partial charge in [-0.1, -0.05) is 39.5 Å². The van der Waals surface area contributed by atoms with Crippen molar-refractivity contribution in [2.75, 3.05) is 0 Å². The Hall–Kier alpha value is -0.530. The first-order valence-electron chi connectivity index (χ1n) is 8.38. The van der Waals surface area contributed by atoms with E-state index in [1.165, 1.54) is 44.9 Å². The van der Waals surface area contributed by atoms with Crippen molar-refractivity contribution < 1.29 is 9.90 Å². The molecule has 19 heavy (non-hydrogen) atoms. The third-order valence-electron chi connectivity index (χ3n) is 5.98. The quantitative estimate of drug-likeness (QED) is 0.798. The first-order chi connectivity index (χ1) is 9.15. The number of carboxylic acids is 1. The molecule has 2 aliphatic carbocycles. The summed E-state index contributed by atoms with van der Waals surface area (Å²) in [6.45, 7) is 4.55. The van der Waals surface area contributed by atoms with Crippen LogP contribution in [0.25, 0.3) is 0 Å². The van der Waals surface area contributed by atoms with Crippen molar-refractivity contribution in [1.82, 2.24) is 0 Å². The van der Waals surface area contributed by atoms with Crippen LogP contribution in [0.4, 0.5) is 0 Å². The molecule has 0 radical (unpaired) electrons. The van der Waals surface area contributed by atoms with Crippen LogP contribution in [0.1, 0.15) is 71.6 Å². The van der Waals surface area contributed by atoms with Crippen LogP contribution in [0.5, 0.6) is 0 Å². The molecule has 0 aromatic heterocycles. The maximum absolute atomic E-state index is 11.5. The Morgan fingerprint density at radius 1 is 0.947 bits per heavy atom. The molecule has 2 nitrogen and oxygen atoms in total. The Balaban J connectivity index is 1.99. The summed E-state index contributed by atoms with van der Waals surface area (Å²) in [6.07, 6.45) is 11.0. The number of hydrogen-bond acceptors (Lipinski definition) is 1. The molecule has 0 aliphatic heterocycles. The molecule has 0 aromatic rings. The summed E-state index contributed by atoms with van der Waals surface area (Å²) < 4.78 is 0. The van der Waals surface area contributed by atoms with Gasteiger partial charge in [0.25, 0.3) is 0 Å². The van der Waals surface area contributed by atoms with Gasteiger partial charge >= 0.3 is 5.97 Å². The highest BCUT2D eigenvalue weighted by molar-refractivity contribution is 5.70. The van der Waals surface area contributed by atoms with Crippen molar-refractivity contribution in [2.45, 2.75) is 71.6 Å². The normalized spacial score (nSPS) is 40.0. The summed E-state index contributed by atoms with van der Waals surface area (Å²) in [5.41, 5.74) is 0. The molecule has 0 spiro atoms. The monoisotopic (exact) mass is 266 g/mol. The van der Waals surface area contributed by atoms with Crippen molar-refractivity contribution >= 4 is 5.97 Å². The van der Waals surface area contributed by atoms with Crippen molar-refractivity contribution in [1.29, 1.82) is 0 Å². The molecule has 3 atom stereocenters. The van der Waals surface area contributed by atoms with E-state index in [1.54, 1.807) is 0 Å². The molecule has 110 valence electrons. The van der Waals surface area contributed by atoms with Gasteiger partial charge in [-0.25, -0.2) is 0 Å². The lowest BCUT2D eigenvalue weighted by Gasteiger charge is -2.41. The Labute approximate surface area is 118 Å². The van der Waals surface area contributed by atoms with Gasteiger partial charge in [0, 0.05) is 0 Å². The zero-order chi connectivity index (χ0) is 13.8. The van der Waals surface area contributed by atoms with E-state index in [1.807, 2.05) is 0 Å². The standard InChI is InChI=1S/C17H30O2/c1-3-12-5-8-14(9-6-12)16-11-13(4-2)7-10-15(16)17(18)19/h12-16H,3-11H2,1-2H3,(H,18,19). The third kappa shape index (κ3) is 3.52. The van der Waals surface area contributed by atoms with E-state index < -0.39 is 5.97 Å². The van der Waals surface area contributed by atoms with Crippen molar-refractivity contribution in [3.05, 3.63) is 0 Å². The first kappa shape index (κ1) is 14.9. The highest BCUT2D eigenvalue weighted by Crippen LogP contribution is 2.45. The molecule has 2 heteroatoms. The molecule has 0 saturated heterocycles. The summed E-state index contributed by atoms with van der Waals surface area (Å²) in [6, 6.07) is 0. The SMILES string of the molecule is CCC1CCC(C2CC(CC)CCC2C(=O)O)CC1. The van der Waals surface area contributed by atoms with E-state index in [0.29, 0.717) is 11.8 Å². The number of aliphatic carboxylic acids is 1. The number of rotatable bonds is 4. The van der Waals surface area contributed by atoms with Gasteiger partial charge in [-0.2, -0.15) is 0 Å². The molecule has 2 rings (SSSR count). The summed E-state index contributed by atoms with van der Waals surface area (Å²) in [5.74, 6) is 2.27. The fourth-order valence-corrected chi connectivity index (χ4v) is 4.52. The Bertz CT molecular complexity index is 292. The van der Waals surface area contributed by atoms with Gasteiger partial charge in [0.1, 0.15) is 0 Å². The second-order valence-corrected chi connectivity index (χ2v) is 6.88. The molecule has 0 aromatic carbocycles. The van der Waals surface area contributed by atoms with E-state index in [4.69, 9.17) is 0 Å². The number of carbonyl (C=O) groups is 1. The van der Waals surface area contributed by atoms with Crippen LogP contribution in [-0.4, -0.2) is 11.1 Å². The summed E-state index contributed by atoms with van der Waals surface area (Å²) in [4.78, 5) is 11.5. The summed E-state index contributed by atoms with van der Waals surface area (Å²) >= 11 is 0. The molecule has 1 N–H and O–H groups in total. The van der Waals surface area contributed by atoms with Gasteiger partial charge < -0.3 is 5.11 Å². The van der Waals surface area contributed by atoms with Gasteiger partial charge in [0.2, 0.25) is 0 Å². The molecule has 0 heterocycles. The van der Waals surface area contributed by atoms with Gasteiger partial charge in [-0.3, -0.25) is 4.79 Å². The fourth-order valence-electron chi connectivity index (χ4n) is 4.52. The van der Waals surface area contributed by atoms with Gasteiger partial charge in [0.05, 0.1) is 5.92 Å². The fraction of sp³-hybridized carbons (Fsp3) is 0.941. The lowest BCUT2D eigenvalue weighted by atomic mass is 9.63. The van der Waals surface area contributed by atoms with Gasteiger partial charge in [-0.15, -0.1) is 0 Å². The molecule has 2 aliphatic rings. The third-order valence-corrected chi connectivity index (χ3v) is 5.98. The van der Waals surface area contributed by atoms with Crippen molar-refractivity contribution in [3.63, 3.8) is 0 Å². The molecular formula is C17H30O2. The van der Waals surface area contributed by atoms with Crippen LogP contribution in [0.2, 0.25) is 0 Å². The summed E-state index contributed by atoms with van der Waals surface area (Å²) in [7, 11) is 0. The zero-order valence-electron chi connectivity index (χ0n) is 12.6. The second kappa shape index (κ2) is 6.76. The van der Waals surface area contributed by atoms with E-state index in [-0.39, 0.29) is 5.92 Å². The zero-order valence-corrected chi connectivity index (χ0v) is 12.6. The van der Waals surface area contributed by atoms with Crippen LogP contribution >= 0.6 is 0 Å². The lowest BCUT2D eigenvalue weighted by molar-refractivity contribution is -0.147. The first-order valence-corrected chi connectivity index (χ1v) is 8.38. The predicted molar refractivity (Wildman–Crippen MR) is 78.0 cm³/mol. The highest BCUT2D eigenvalue weighted by Gasteiger charge is 2.39. The molecular weight excluding hydrogens is 236 g/mol. The topological polar surface area (TPSA) is 37.3 Å². The van der Waals surface area contributed by atoms with Gasteiger partial charge in [-0.05, 0) is 55.8 Å². The van der Waals surface area contributed by atoms with E-state index >= 15 is 0 Å². The van der Waals surface area contributed by atoms with Crippen LogP contribution in [0.15, 0.2) is 0 Å². The maximum Gasteiger partial charge on any atom is 0.306 e. The predicted octanol–water partition coefficient (Wildman–Crippen LogP) is 4.73. The Morgan fingerprint density at radius 3 is 2.05 bits per heavy atom. The highest BCUT2D eigenvalue weighted by atomic mass is 16.4. The molecule has 0 amide bonds. The second-order valence-electron chi connectivity index (χ2n) is 6.88. The molecule has 2 saturated carbocycles. The Kier molecular flexibility index (Phi) is 5.29. The molecule has 0 bridgehead atoms. The minimum Gasteiger partial charge on any atom is -0.481 e. The summed E-state index contributed by atoms with van der Waals surface area (Å²) in [5, 5.41) is 9.50. The van der Waals surface area contributed by atoms with Crippen LogP contribution in [0, 0.1) is 29.6 Å². The molecule has 3 unspecified atom stereocenters. The number of hydrogen-bond donors (Lipinski definition) is 1.